The molecule has 112 valence electrons. The van der Waals surface area contributed by atoms with Crippen LogP contribution in [0.15, 0.2) is 0 Å². The summed E-state index contributed by atoms with van der Waals surface area (Å²) in [4.78, 5) is 0. The van der Waals surface area contributed by atoms with E-state index in [1.54, 1.807) is 9.10 Å². The van der Waals surface area contributed by atoms with E-state index in [2.05, 4.69) is 27.7 Å². The van der Waals surface area contributed by atoms with Crippen molar-refractivity contribution < 1.29 is 0 Å². The lowest BCUT2D eigenvalue weighted by Gasteiger charge is -2.14. The number of rotatable bonds is 14. The van der Waals surface area contributed by atoms with Gasteiger partial charge in [0.25, 0.3) is 0 Å². The summed E-state index contributed by atoms with van der Waals surface area (Å²) < 4.78 is 3.23. The minimum absolute atomic E-state index is 0.282. The van der Waals surface area contributed by atoms with Crippen molar-refractivity contribution in [2.45, 2.75) is 101 Å². The van der Waals surface area contributed by atoms with Crippen molar-refractivity contribution in [2.24, 2.45) is 11.8 Å². The highest BCUT2D eigenvalue weighted by Gasteiger charge is 2.07. The fraction of sp³-hybridized carbons (Fsp3) is 1.00. The minimum Gasteiger partial charge on any atom is -0.146 e. The van der Waals surface area contributed by atoms with E-state index in [1.807, 2.05) is 0 Å². The maximum absolute atomic E-state index is 2.37. The molecule has 0 aromatic rings. The molecule has 2 unspecified atom stereocenters. The first-order valence-electron chi connectivity index (χ1n) is 9.28. The summed E-state index contributed by atoms with van der Waals surface area (Å²) in [5.41, 5.74) is 0. The summed E-state index contributed by atoms with van der Waals surface area (Å²) in [6.45, 7) is 9.41. The van der Waals surface area contributed by atoms with Crippen LogP contribution in [0.4, 0.5) is 0 Å². The van der Waals surface area contributed by atoms with E-state index < -0.39 is 0 Å². The van der Waals surface area contributed by atoms with Crippen LogP contribution >= 0.6 is 0 Å². The Balaban J connectivity index is 3.34. The summed E-state index contributed by atoms with van der Waals surface area (Å²) in [6, 6.07) is 0. The fourth-order valence-electron chi connectivity index (χ4n) is 3.32. The van der Waals surface area contributed by atoms with Gasteiger partial charge in [0.1, 0.15) is 0 Å². The molecule has 0 saturated heterocycles. The monoisotopic (exact) mass is 278 g/mol. The van der Waals surface area contributed by atoms with E-state index in [1.165, 1.54) is 64.2 Å². The molecular weight excluding hydrogens is 241 g/mol. The van der Waals surface area contributed by atoms with E-state index in [0.29, 0.717) is 0 Å². The maximum Gasteiger partial charge on any atom is 0.364 e. The minimum atomic E-state index is 0.282. The van der Waals surface area contributed by atoms with Crippen LogP contribution in [0.2, 0.25) is 9.10 Å². The van der Waals surface area contributed by atoms with Gasteiger partial charge in [0.05, 0.1) is 0 Å². The normalized spacial score (nSPS) is 14.1. The zero-order valence-electron chi connectivity index (χ0n) is 14.3. The van der Waals surface area contributed by atoms with E-state index in [0.717, 1.165) is 11.8 Å². The van der Waals surface area contributed by atoms with Crippen molar-refractivity contribution in [1.82, 2.24) is 0 Å². The Labute approximate surface area is 133 Å². The zero-order chi connectivity index (χ0) is 14.3. The molecule has 0 aliphatic rings. The second-order valence-corrected chi connectivity index (χ2v) is 8.59. The lowest BCUT2D eigenvalue weighted by Crippen LogP contribution is -2.01. The Morgan fingerprint density at radius 3 is 1.37 bits per heavy atom. The Kier molecular flexibility index (Phi) is 15.8. The molecule has 0 aromatic heterocycles. The summed E-state index contributed by atoms with van der Waals surface area (Å²) >= 11 is 0.282. The lowest BCUT2D eigenvalue weighted by atomic mass is 9.96. The van der Waals surface area contributed by atoms with Gasteiger partial charge in [-0.3, -0.25) is 0 Å². The SMILES string of the molecule is CCCC(CC)CC[CH2][Mg][CH2]CCC(CC)CCC. The maximum atomic E-state index is 2.37. The van der Waals surface area contributed by atoms with Crippen LogP contribution in [-0.2, 0) is 0 Å². The average molecular weight is 279 g/mol. The molecule has 1 heteroatoms. The number of hydrogen-bond acceptors (Lipinski definition) is 0. The van der Waals surface area contributed by atoms with Gasteiger partial charge in [-0.2, -0.15) is 0 Å². The van der Waals surface area contributed by atoms with Gasteiger partial charge in [-0.15, -0.1) is 9.10 Å². The molecule has 0 rings (SSSR count). The third-order valence-electron chi connectivity index (χ3n) is 4.77. The summed E-state index contributed by atoms with van der Waals surface area (Å²) in [7, 11) is 0. The molecule has 2 atom stereocenters. The quantitative estimate of drug-likeness (QED) is 0.244. The van der Waals surface area contributed by atoms with Crippen LogP contribution < -0.4 is 0 Å². The standard InChI is InChI=1S/2C9H19.Mg/c2*1-4-7-9(6-3)8-5-2;/h2*9H,1,4-8H2,2-3H3;. The van der Waals surface area contributed by atoms with Gasteiger partial charge in [0.15, 0.2) is 0 Å². The first kappa shape index (κ1) is 19.8. The third-order valence-corrected chi connectivity index (χ3v) is 6.77. The third kappa shape index (κ3) is 12.2. The highest BCUT2D eigenvalue weighted by atomic mass is 24.5. The molecule has 0 saturated carbocycles. The molecule has 0 nitrogen and oxygen atoms in total. The summed E-state index contributed by atoms with van der Waals surface area (Å²) in [5, 5.41) is 0. The Bertz CT molecular complexity index is 149. The molecule has 0 amide bonds. The molecule has 0 aliphatic carbocycles. The molecule has 0 N–H and O–H groups in total. The van der Waals surface area contributed by atoms with Gasteiger partial charge in [0.2, 0.25) is 0 Å². The van der Waals surface area contributed by atoms with E-state index in [4.69, 9.17) is 0 Å². The van der Waals surface area contributed by atoms with Crippen LogP contribution in [0.1, 0.15) is 91.9 Å². The molecular formula is C18H38Mg. The fourth-order valence-corrected chi connectivity index (χ4v) is 4.96. The van der Waals surface area contributed by atoms with Gasteiger partial charge < -0.3 is 0 Å². The van der Waals surface area contributed by atoms with Gasteiger partial charge >= 0.3 is 20.4 Å². The predicted molar refractivity (Wildman–Crippen MR) is 91.2 cm³/mol. The van der Waals surface area contributed by atoms with Crippen LogP contribution in [0.3, 0.4) is 0 Å². The molecule has 0 fully saturated rings. The highest BCUT2D eigenvalue weighted by molar-refractivity contribution is 6.35. The van der Waals surface area contributed by atoms with Crippen LogP contribution in [0, 0.1) is 11.8 Å². The Hall–Kier alpha value is 0.766. The van der Waals surface area contributed by atoms with Crippen molar-refractivity contribution in [3.05, 3.63) is 0 Å². The second-order valence-electron chi connectivity index (χ2n) is 6.47. The van der Waals surface area contributed by atoms with Crippen molar-refractivity contribution in [3.8, 4) is 0 Å². The highest BCUT2D eigenvalue weighted by Crippen LogP contribution is 2.20. The van der Waals surface area contributed by atoms with Crippen molar-refractivity contribution >= 4 is 20.4 Å². The van der Waals surface area contributed by atoms with Crippen molar-refractivity contribution in [3.63, 3.8) is 0 Å². The van der Waals surface area contributed by atoms with Crippen LogP contribution in [-0.4, -0.2) is 20.4 Å². The first-order valence-corrected chi connectivity index (χ1v) is 11.3. The smallest absolute Gasteiger partial charge is 0.146 e. The molecule has 0 heterocycles. The van der Waals surface area contributed by atoms with Gasteiger partial charge in [-0.05, 0) is 11.8 Å². The molecule has 0 bridgehead atoms. The summed E-state index contributed by atoms with van der Waals surface area (Å²) in [6.07, 6.45) is 14.6. The molecule has 0 spiro atoms. The van der Waals surface area contributed by atoms with Crippen LogP contribution in [0.5, 0.6) is 0 Å². The average Bonchev–Trinajstić information content (AvgIpc) is 2.43. The van der Waals surface area contributed by atoms with E-state index in [-0.39, 0.29) is 20.4 Å². The molecule has 19 heavy (non-hydrogen) atoms. The molecule has 0 radical (unpaired) electrons. The predicted octanol–water partition coefficient (Wildman–Crippen LogP) is 6.74. The molecule has 0 aliphatic heterocycles. The van der Waals surface area contributed by atoms with Gasteiger partial charge in [-0.25, -0.2) is 0 Å². The number of hydrogen-bond donors (Lipinski definition) is 0. The van der Waals surface area contributed by atoms with Crippen LogP contribution in [0.25, 0.3) is 0 Å². The Morgan fingerprint density at radius 2 is 1.05 bits per heavy atom. The van der Waals surface area contributed by atoms with E-state index >= 15 is 0 Å². The zero-order valence-corrected chi connectivity index (χ0v) is 15.8. The van der Waals surface area contributed by atoms with Crippen molar-refractivity contribution in [1.29, 1.82) is 0 Å². The Morgan fingerprint density at radius 1 is 0.632 bits per heavy atom. The van der Waals surface area contributed by atoms with Crippen molar-refractivity contribution in [2.75, 3.05) is 0 Å². The van der Waals surface area contributed by atoms with Gasteiger partial charge in [0, 0.05) is 0 Å². The van der Waals surface area contributed by atoms with Gasteiger partial charge in [-0.1, -0.05) is 91.9 Å². The lowest BCUT2D eigenvalue weighted by molar-refractivity contribution is 0.424. The summed E-state index contributed by atoms with van der Waals surface area (Å²) in [5.74, 6) is 2.07. The first-order chi connectivity index (χ1) is 9.28. The molecule has 0 aromatic carbocycles. The topological polar surface area (TPSA) is 0 Å². The van der Waals surface area contributed by atoms with E-state index in [9.17, 15) is 0 Å². The largest absolute Gasteiger partial charge is 0.364 e. The second kappa shape index (κ2) is 15.2.